The lowest BCUT2D eigenvalue weighted by molar-refractivity contribution is -0.131. The maximum absolute atomic E-state index is 13.4. The number of nitrogens with one attached hydrogen (secondary N) is 1. The quantitative estimate of drug-likeness (QED) is 0.306. The zero-order valence-corrected chi connectivity index (χ0v) is 25.9. The van der Waals surface area contributed by atoms with Crippen molar-refractivity contribution in [3.8, 4) is 11.1 Å². The van der Waals surface area contributed by atoms with Crippen LogP contribution in [-0.2, 0) is 16.1 Å². The van der Waals surface area contributed by atoms with Crippen LogP contribution >= 0.6 is 0 Å². The number of hydrogen-bond donors (Lipinski definition) is 1. The van der Waals surface area contributed by atoms with Gasteiger partial charge in [-0.2, -0.15) is 0 Å². The summed E-state index contributed by atoms with van der Waals surface area (Å²) in [7, 11) is 2.07. The van der Waals surface area contributed by atoms with E-state index in [1.54, 1.807) is 4.90 Å². The number of amides is 3. The first kappa shape index (κ1) is 30.1. The van der Waals surface area contributed by atoms with E-state index in [1.165, 1.54) is 5.56 Å². The Hall–Kier alpha value is -4.95. The minimum Gasteiger partial charge on any atom is -0.360 e. The first-order valence-corrected chi connectivity index (χ1v) is 15.5. The van der Waals surface area contributed by atoms with Gasteiger partial charge in [0, 0.05) is 50.4 Å². The van der Waals surface area contributed by atoms with Crippen LogP contribution in [0.15, 0.2) is 97.1 Å². The molecule has 1 saturated heterocycles. The van der Waals surface area contributed by atoms with Crippen molar-refractivity contribution in [1.82, 2.24) is 9.80 Å². The molecule has 0 aliphatic carbocycles. The molecule has 0 aromatic heterocycles. The number of anilines is 3. The Kier molecular flexibility index (Phi) is 8.93. The predicted molar refractivity (Wildman–Crippen MR) is 180 cm³/mol. The fourth-order valence-electron chi connectivity index (χ4n) is 5.98. The van der Waals surface area contributed by atoms with Gasteiger partial charge in [-0.3, -0.25) is 14.4 Å². The SMILES string of the molecule is Cc1ccc(-c2ccccc2C(=O)Nc2ccc(CN3C(=O)CCN(CC(=O)N4CCN(C)CC4)c4ccccc43)cc2)cc1. The number of rotatable bonds is 7. The lowest BCUT2D eigenvalue weighted by Gasteiger charge is -2.34. The second-order valence-corrected chi connectivity index (χ2v) is 11.9. The van der Waals surface area contributed by atoms with Crippen LogP contribution in [0.1, 0.15) is 27.9 Å². The summed E-state index contributed by atoms with van der Waals surface area (Å²) >= 11 is 0. The van der Waals surface area contributed by atoms with E-state index in [2.05, 4.69) is 17.3 Å². The molecular formula is C37H39N5O3. The molecule has 0 bridgehead atoms. The van der Waals surface area contributed by atoms with Gasteiger partial charge in [0.1, 0.15) is 0 Å². The van der Waals surface area contributed by atoms with E-state index in [0.29, 0.717) is 30.8 Å². The smallest absolute Gasteiger partial charge is 0.256 e. The summed E-state index contributed by atoms with van der Waals surface area (Å²) in [5.74, 6) is -0.0678. The van der Waals surface area contributed by atoms with E-state index in [4.69, 9.17) is 0 Å². The number of benzene rings is 4. The van der Waals surface area contributed by atoms with Gasteiger partial charge in [0.15, 0.2) is 0 Å². The summed E-state index contributed by atoms with van der Waals surface area (Å²) in [4.78, 5) is 47.9. The predicted octanol–water partition coefficient (Wildman–Crippen LogP) is 5.43. The molecule has 4 aromatic carbocycles. The van der Waals surface area contributed by atoms with Crippen molar-refractivity contribution in [2.45, 2.75) is 19.9 Å². The number of fused-ring (bicyclic) bond motifs is 1. The Morgan fingerprint density at radius 1 is 0.756 bits per heavy atom. The maximum atomic E-state index is 13.4. The number of carbonyl (C=O) groups excluding carboxylic acids is 3. The van der Waals surface area contributed by atoms with Crippen LogP contribution in [0.2, 0.25) is 0 Å². The Balaban J connectivity index is 1.15. The molecule has 2 aliphatic heterocycles. The summed E-state index contributed by atoms with van der Waals surface area (Å²) in [5.41, 5.74) is 6.96. The Labute approximate surface area is 264 Å². The van der Waals surface area contributed by atoms with Crippen LogP contribution in [-0.4, -0.2) is 73.8 Å². The molecule has 4 aromatic rings. The number of likely N-dealkylation sites (N-methyl/N-ethyl adjacent to an activating group) is 1. The topological polar surface area (TPSA) is 76.2 Å². The van der Waals surface area contributed by atoms with Crippen LogP contribution in [0.5, 0.6) is 0 Å². The summed E-state index contributed by atoms with van der Waals surface area (Å²) in [6, 6.07) is 31.2. The van der Waals surface area contributed by atoms with E-state index >= 15 is 0 Å². The molecule has 0 radical (unpaired) electrons. The van der Waals surface area contributed by atoms with E-state index in [9.17, 15) is 14.4 Å². The van der Waals surface area contributed by atoms with Gasteiger partial charge < -0.3 is 24.9 Å². The van der Waals surface area contributed by atoms with Gasteiger partial charge in [-0.05, 0) is 61.0 Å². The molecule has 0 atom stereocenters. The Morgan fingerprint density at radius 3 is 2.16 bits per heavy atom. The molecule has 6 rings (SSSR count). The first-order valence-electron chi connectivity index (χ1n) is 15.5. The van der Waals surface area contributed by atoms with Gasteiger partial charge >= 0.3 is 0 Å². The molecule has 230 valence electrons. The second kappa shape index (κ2) is 13.4. The number of para-hydroxylation sites is 2. The molecule has 3 amide bonds. The number of hydrogen-bond acceptors (Lipinski definition) is 5. The number of nitrogens with zero attached hydrogens (tertiary/aromatic N) is 4. The molecule has 1 fully saturated rings. The molecule has 0 spiro atoms. The zero-order chi connectivity index (χ0) is 31.3. The average Bonchev–Trinajstić information content (AvgIpc) is 3.18. The van der Waals surface area contributed by atoms with Crippen LogP contribution in [0.25, 0.3) is 11.1 Å². The molecule has 0 saturated carbocycles. The van der Waals surface area contributed by atoms with Crippen molar-refractivity contribution in [3.63, 3.8) is 0 Å². The highest BCUT2D eigenvalue weighted by molar-refractivity contribution is 6.08. The lowest BCUT2D eigenvalue weighted by atomic mass is 9.98. The third-order valence-corrected chi connectivity index (χ3v) is 8.68. The second-order valence-electron chi connectivity index (χ2n) is 11.9. The normalized spacial score (nSPS) is 15.4. The Morgan fingerprint density at radius 2 is 1.42 bits per heavy atom. The van der Waals surface area contributed by atoms with E-state index < -0.39 is 0 Å². The molecule has 8 heteroatoms. The highest BCUT2D eigenvalue weighted by atomic mass is 16.2. The maximum Gasteiger partial charge on any atom is 0.256 e. The van der Waals surface area contributed by atoms with Crippen molar-refractivity contribution < 1.29 is 14.4 Å². The van der Waals surface area contributed by atoms with Crippen molar-refractivity contribution >= 4 is 34.8 Å². The third-order valence-electron chi connectivity index (χ3n) is 8.68. The molecule has 45 heavy (non-hydrogen) atoms. The average molecular weight is 602 g/mol. The minimum absolute atomic E-state index is 0.0158. The lowest BCUT2D eigenvalue weighted by Crippen LogP contribution is -2.50. The molecule has 2 heterocycles. The van der Waals surface area contributed by atoms with Crippen LogP contribution in [0, 0.1) is 6.92 Å². The first-order chi connectivity index (χ1) is 21.9. The summed E-state index contributed by atoms with van der Waals surface area (Å²) < 4.78 is 0. The van der Waals surface area contributed by atoms with Gasteiger partial charge in [0.05, 0.1) is 24.5 Å². The summed E-state index contributed by atoms with van der Waals surface area (Å²) in [5, 5.41) is 3.03. The molecule has 8 nitrogen and oxygen atoms in total. The molecular weight excluding hydrogens is 562 g/mol. The highest BCUT2D eigenvalue weighted by Gasteiger charge is 2.29. The van der Waals surface area contributed by atoms with Crippen LogP contribution in [0.4, 0.5) is 17.1 Å². The van der Waals surface area contributed by atoms with Crippen LogP contribution in [0.3, 0.4) is 0 Å². The molecule has 2 aliphatic rings. The van der Waals surface area contributed by atoms with Gasteiger partial charge in [-0.25, -0.2) is 0 Å². The van der Waals surface area contributed by atoms with Crippen molar-refractivity contribution in [2.75, 3.05) is 61.4 Å². The van der Waals surface area contributed by atoms with Crippen molar-refractivity contribution in [2.24, 2.45) is 0 Å². The summed E-state index contributed by atoms with van der Waals surface area (Å²) in [6.45, 7) is 6.37. The number of carbonyl (C=O) groups is 3. The largest absolute Gasteiger partial charge is 0.360 e. The zero-order valence-electron chi connectivity index (χ0n) is 25.9. The fraction of sp³-hybridized carbons (Fsp3) is 0.270. The van der Waals surface area contributed by atoms with Gasteiger partial charge in [-0.15, -0.1) is 0 Å². The van der Waals surface area contributed by atoms with Crippen molar-refractivity contribution in [3.05, 3.63) is 114 Å². The third kappa shape index (κ3) is 6.91. The highest BCUT2D eigenvalue weighted by Crippen LogP contribution is 2.34. The summed E-state index contributed by atoms with van der Waals surface area (Å²) in [6.07, 6.45) is 0.319. The van der Waals surface area contributed by atoms with Gasteiger partial charge in [0.25, 0.3) is 5.91 Å². The number of piperazine rings is 1. The fourth-order valence-corrected chi connectivity index (χ4v) is 5.98. The Bertz CT molecular complexity index is 1680. The van der Waals surface area contributed by atoms with E-state index in [-0.39, 0.29) is 24.3 Å². The minimum atomic E-state index is -0.179. The van der Waals surface area contributed by atoms with Gasteiger partial charge in [0.2, 0.25) is 11.8 Å². The molecule has 0 unspecified atom stereocenters. The van der Waals surface area contributed by atoms with Gasteiger partial charge in [-0.1, -0.05) is 72.3 Å². The van der Waals surface area contributed by atoms with Crippen LogP contribution < -0.4 is 15.1 Å². The van der Waals surface area contributed by atoms with E-state index in [1.807, 2.05) is 114 Å². The monoisotopic (exact) mass is 601 g/mol. The van der Waals surface area contributed by atoms with E-state index in [0.717, 1.165) is 54.2 Å². The standard InChI is InChI=1S/C37H39N5O3/c1-27-11-15-29(16-12-27)31-7-3-4-8-32(31)37(45)38-30-17-13-28(14-18-30)25-42-34-10-6-5-9-33(34)41(20-19-35(42)43)26-36(44)40-23-21-39(2)22-24-40/h3-18H,19-26H2,1-2H3,(H,38,45). The molecule has 1 N–H and O–H groups in total. The van der Waals surface area contributed by atoms with Crippen molar-refractivity contribution in [1.29, 1.82) is 0 Å². The number of aryl methyl sites for hydroxylation is 1.